The summed E-state index contributed by atoms with van der Waals surface area (Å²) >= 11 is 3.03. The van der Waals surface area contributed by atoms with Gasteiger partial charge in [-0.15, -0.1) is 0 Å². The summed E-state index contributed by atoms with van der Waals surface area (Å²) in [5.74, 6) is -0.519. The van der Waals surface area contributed by atoms with Gasteiger partial charge in [-0.25, -0.2) is 0 Å². The third-order valence-corrected chi connectivity index (χ3v) is 2.04. The molecule has 1 unspecified atom stereocenters. The summed E-state index contributed by atoms with van der Waals surface area (Å²) in [4.78, 5) is 20.0. The predicted octanol–water partition coefficient (Wildman–Crippen LogP) is 0.971. The minimum absolute atomic E-state index is 0. The number of hydrogen-bond acceptors (Lipinski definition) is 5. The fourth-order valence-corrected chi connectivity index (χ4v) is 0.467. The van der Waals surface area contributed by atoms with E-state index in [1.54, 1.807) is 34.1 Å². The Hall–Kier alpha value is 3.35. The van der Waals surface area contributed by atoms with Gasteiger partial charge in [0, 0.05) is 123 Å². The Labute approximate surface area is 299 Å². The first kappa shape index (κ1) is 102. The van der Waals surface area contributed by atoms with Crippen molar-refractivity contribution in [2.75, 3.05) is 14.2 Å². The number of halogens is 1. The molecule has 0 aliphatic rings. The maximum atomic E-state index is 10.2. The molecule has 0 rings (SSSR count). The molecule has 0 aromatic carbocycles. The fourth-order valence-electron chi connectivity index (χ4n) is 0.280. The molecule has 0 heterocycles. The second-order valence-electron chi connectivity index (χ2n) is 3.89. The Morgan fingerprint density at radius 3 is 1.13 bits per heavy atom. The number of ether oxygens (including phenoxy) is 2. The van der Waals surface area contributed by atoms with Gasteiger partial charge in [-0.1, -0.05) is 57.7 Å². The average Bonchev–Trinajstić information content (AvgIpc) is 2.37. The zero-order valence-corrected chi connectivity index (χ0v) is 29.3. The van der Waals surface area contributed by atoms with Crippen LogP contribution in [0.15, 0.2) is 0 Å². The van der Waals surface area contributed by atoms with Gasteiger partial charge in [0.1, 0.15) is 4.83 Å². The molecule has 12 radical (unpaired) electrons. The molecule has 31 heavy (non-hydrogen) atoms. The summed E-state index contributed by atoms with van der Waals surface area (Å²) in [7, 11) is 2.71. The molecule has 13 heteroatoms. The number of aliphatic hydroxyl groups is 1. The molecule has 0 fully saturated rings. The van der Waals surface area contributed by atoms with Crippen molar-refractivity contribution in [3.63, 3.8) is 0 Å². The molecule has 0 saturated carbocycles. The van der Waals surface area contributed by atoms with Crippen LogP contribution < -0.4 is 18.9 Å². The molecule has 0 amide bonds. The largest absolute Gasteiger partial charge is 1.00 e. The fraction of sp³-hybridized carbons (Fsp3) is 0.667. The van der Waals surface area contributed by atoms with E-state index in [9.17, 15) is 9.59 Å². The Morgan fingerprint density at radius 2 is 1.13 bits per heavy atom. The van der Waals surface area contributed by atoms with Gasteiger partial charge in [-0.3, -0.25) is 16.0 Å². The van der Waals surface area contributed by atoms with Crippen LogP contribution in [0.25, 0.3) is 0 Å². The number of methoxy groups -OCH3 is 2. The van der Waals surface area contributed by atoms with E-state index < -0.39 is 5.60 Å². The van der Waals surface area contributed by atoms with Crippen molar-refractivity contribution in [3.8, 4) is 0 Å². The maximum Gasteiger partial charge on any atom is 1.00 e. The minimum Gasteiger partial charge on any atom is -0.491 e. The minimum atomic E-state index is -0.583. The number of carbonyl (C=O) groups is 2. The van der Waals surface area contributed by atoms with Crippen LogP contribution >= 0.6 is 15.9 Å². The summed E-state index contributed by atoms with van der Waals surface area (Å²) in [5.41, 5.74) is -0.583. The standard InChI is InChI=1S/C5H11O.C4H7BrO2.C4H7O2.3CH4.2CH3.3B.Li.3Y/c1-4-5(2,3)6;1-3(5)4(6)7-2;1-3-4(5)6-2;;;;;;;;;;;;/h4,6H,1-3H3;3H,1-2H3;3H,1-2H3;3*1H4;2*1H3;;;;;;;/q-1;;-1;;;;2*-1;;;;+1;;;. The van der Waals surface area contributed by atoms with Gasteiger partial charge in [0.05, 0.1) is 14.2 Å². The first-order valence-corrected chi connectivity index (χ1v) is 6.59. The van der Waals surface area contributed by atoms with Crippen LogP contribution in [0.4, 0.5) is 0 Å². The van der Waals surface area contributed by atoms with E-state index in [0.29, 0.717) is 0 Å². The Bertz CT molecular complexity index is 264. The van der Waals surface area contributed by atoms with Crippen LogP contribution in [0.5, 0.6) is 0 Å². The van der Waals surface area contributed by atoms with Gasteiger partial charge in [0.25, 0.3) is 0 Å². The Kier molecular flexibility index (Phi) is 230. The second kappa shape index (κ2) is 69.9. The molecule has 174 valence electrons. The number of rotatable bonds is 3. The van der Waals surface area contributed by atoms with E-state index in [1.807, 2.05) is 6.92 Å². The summed E-state index contributed by atoms with van der Waals surface area (Å²) in [6.07, 6.45) is 3.10. The zero-order chi connectivity index (χ0) is 16.1. The molecule has 0 bridgehead atoms. The molecule has 0 aliphatic heterocycles. The van der Waals surface area contributed by atoms with Crippen molar-refractivity contribution in [1.82, 2.24) is 0 Å². The average molecular weight is 726 g/mol. The van der Waals surface area contributed by atoms with Gasteiger partial charge in [0.15, 0.2) is 5.97 Å². The van der Waals surface area contributed by atoms with Gasteiger partial charge >= 0.3 is 24.8 Å². The third kappa shape index (κ3) is 123. The predicted molar refractivity (Wildman–Crippen MR) is 129 cm³/mol. The summed E-state index contributed by atoms with van der Waals surface area (Å²) in [6.45, 7) is 8.66. The molecule has 0 spiro atoms. The number of esters is 2. The van der Waals surface area contributed by atoms with Crippen molar-refractivity contribution in [1.29, 1.82) is 0 Å². The van der Waals surface area contributed by atoms with Crippen LogP contribution in [0.2, 0.25) is 0 Å². The Balaban J connectivity index is -0.00000000800. The van der Waals surface area contributed by atoms with E-state index in [1.165, 1.54) is 20.6 Å². The number of hydrogen-bond donors (Lipinski definition) is 1. The maximum absolute atomic E-state index is 10.2. The van der Waals surface area contributed by atoms with E-state index >= 15 is 0 Å². The molecular formula is C18H43B3BrLiO5Y3-3. The zero-order valence-electron chi connectivity index (χ0n) is 19.2. The third-order valence-electron chi connectivity index (χ3n) is 1.67. The first-order valence-electron chi connectivity index (χ1n) is 5.67. The number of carbonyl (C=O) groups excluding carboxylic acids is 2. The second-order valence-corrected chi connectivity index (χ2v) is 5.27. The molecule has 5 nitrogen and oxygen atoms in total. The monoisotopic (exact) mass is 725 g/mol. The molecule has 0 aliphatic carbocycles. The van der Waals surface area contributed by atoms with Crippen molar-refractivity contribution < 1.29 is 141 Å². The summed E-state index contributed by atoms with van der Waals surface area (Å²) in [5, 5.41) is 8.77. The van der Waals surface area contributed by atoms with Gasteiger partial charge < -0.3 is 35.9 Å². The molecular weight excluding hydrogens is 682 g/mol. The summed E-state index contributed by atoms with van der Waals surface area (Å²) < 4.78 is 8.53. The van der Waals surface area contributed by atoms with E-state index in [0.717, 1.165) is 0 Å². The topological polar surface area (TPSA) is 72.8 Å². The van der Waals surface area contributed by atoms with E-state index in [2.05, 4.69) is 25.4 Å². The van der Waals surface area contributed by atoms with Gasteiger partial charge in [-0.2, -0.15) is 13.8 Å². The smallest absolute Gasteiger partial charge is 0.491 e. The van der Waals surface area contributed by atoms with Crippen molar-refractivity contribution in [3.05, 3.63) is 27.7 Å². The first-order chi connectivity index (χ1) is 8.55. The SMILES string of the molecule is C.C.C.COC(=O)C(C)Br.C[CH-]C(=O)OC.C[CH-]C(C)(C)O.[B].[B].[B].[CH3-].[CH3-].[Li+].[Y].[Y].[Y]. The van der Waals surface area contributed by atoms with Crippen LogP contribution in [-0.2, 0) is 117 Å². The van der Waals surface area contributed by atoms with Gasteiger partial charge in [-0.05, 0) is 6.92 Å². The van der Waals surface area contributed by atoms with Crippen LogP contribution in [0.3, 0.4) is 0 Å². The Morgan fingerprint density at radius 1 is 0.903 bits per heavy atom. The molecule has 0 saturated heterocycles. The molecule has 1 N–H and O–H groups in total. The van der Waals surface area contributed by atoms with Crippen molar-refractivity contribution in [2.45, 2.75) is 67.3 Å². The van der Waals surface area contributed by atoms with Crippen LogP contribution in [0.1, 0.15) is 56.9 Å². The normalized spacial score (nSPS) is 6.61. The summed E-state index contributed by atoms with van der Waals surface area (Å²) in [6, 6.07) is 0. The van der Waals surface area contributed by atoms with Crippen molar-refractivity contribution in [2.24, 2.45) is 0 Å². The van der Waals surface area contributed by atoms with Crippen LogP contribution in [-0.4, -0.2) is 66.9 Å². The molecule has 0 aromatic heterocycles. The van der Waals surface area contributed by atoms with Crippen molar-refractivity contribution >= 4 is 53.1 Å². The van der Waals surface area contributed by atoms with Gasteiger partial charge in [0.2, 0.25) is 0 Å². The van der Waals surface area contributed by atoms with E-state index in [-0.39, 0.29) is 196 Å². The van der Waals surface area contributed by atoms with Crippen LogP contribution in [0, 0.1) is 27.7 Å². The number of alkyl halides is 1. The quantitative estimate of drug-likeness (QED) is 0.204. The van der Waals surface area contributed by atoms with E-state index in [4.69, 9.17) is 5.11 Å². The molecule has 1 atom stereocenters. The molecule has 0 aromatic rings.